The Morgan fingerprint density at radius 3 is 2.73 bits per heavy atom. The Morgan fingerprint density at radius 2 is 2.00 bits per heavy atom. The maximum absolute atomic E-state index is 5.96. The summed E-state index contributed by atoms with van der Waals surface area (Å²) < 4.78 is 5.35. The number of nitrogens with one attached hydrogen (secondary N) is 1. The molecule has 2 fully saturated rings. The molecule has 2 unspecified atom stereocenters. The van der Waals surface area contributed by atoms with Crippen LogP contribution in [-0.4, -0.2) is 56.8 Å². The zero-order chi connectivity index (χ0) is 14.9. The molecule has 0 aromatic heterocycles. The Bertz CT molecular complexity index is 321. The van der Waals surface area contributed by atoms with E-state index < -0.39 is 0 Å². The highest BCUT2D eigenvalue weighted by atomic mass is 127. The molecule has 2 aliphatic rings. The predicted octanol–water partition coefficient (Wildman–Crippen LogP) is 2.06. The zero-order valence-corrected chi connectivity index (χ0v) is 16.3. The van der Waals surface area contributed by atoms with E-state index in [1.54, 1.807) is 0 Å². The lowest BCUT2D eigenvalue weighted by Crippen LogP contribution is -2.39. The van der Waals surface area contributed by atoms with Gasteiger partial charge in [0.05, 0.1) is 13.2 Å². The maximum atomic E-state index is 5.96. The van der Waals surface area contributed by atoms with Crippen molar-refractivity contribution in [1.29, 1.82) is 0 Å². The number of aliphatic imine (C=N–C) groups is 1. The molecular formula is C16H33IN4O. The van der Waals surface area contributed by atoms with E-state index in [2.05, 4.69) is 22.1 Å². The van der Waals surface area contributed by atoms with Crippen LogP contribution in [0.2, 0.25) is 0 Å². The lowest BCUT2D eigenvalue weighted by Gasteiger charge is -2.27. The Labute approximate surface area is 152 Å². The first-order valence-electron chi connectivity index (χ1n) is 8.59. The van der Waals surface area contributed by atoms with E-state index in [1.807, 2.05) is 0 Å². The summed E-state index contributed by atoms with van der Waals surface area (Å²) in [5.74, 6) is 2.15. The van der Waals surface area contributed by atoms with Crippen LogP contribution in [-0.2, 0) is 4.74 Å². The van der Waals surface area contributed by atoms with E-state index in [4.69, 9.17) is 10.5 Å². The Hall–Kier alpha value is -0.0800. The van der Waals surface area contributed by atoms with E-state index in [9.17, 15) is 0 Å². The molecule has 1 aliphatic carbocycles. The van der Waals surface area contributed by atoms with E-state index >= 15 is 0 Å². The summed E-state index contributed by atoms with van der Waals surface area (Å²) in [6.07, 6.45) is 6.52. The van der Waals surface area contributed by atoms with Crippen LogP contribution in [0.3, 0.4) is 0 Å². The summed E-state index contributed by atoms with van der Waals surface area (Å²) in [4.78, 5) is 6.98. The Kier molecular flexibility index (Phi) is 10.4. The van der Waals surface area contributed by atoms with Crippen molar-refractivity contribution in [2.24, 2.45) is 22.6 Å². The van der Waals surface area contributed by atoms with Crippen LogP contribution in [0.1, 0.15) is 39.0 Å². The van der Waals surface area contributed by atoms with Gasteiger partial charge in [-0.15, -0.1) is 24.0 Å². The van der Waals surface area contributed by atoms with Crippen molar-refractivity contribution >= 4 is 29.9 Å². The molecule has 2 atom stereocenters. The van der Waals surface area contributed by atoms with Crippen molar-refractivity contribution in [3.05, 3.63) is 0 Å². The summed E-state index contributed by atoms with van der Waals surface area (Å²) in [6, 6.07) is 0. The van der Waals surface area contributed by atoms with Crippen molar-refractivity contribution in [2.45, 2.75) is 39.0 Å². The molecule has 2 rings (SSSR count). The topological polar surface area (TPSA) is 62.9 Å². The molecule has 0 aromatic rings. The van der Waals surface area contributed by atoms with Crippen molar-refractivity contribution in [1.82, 2.24) is 10.2 Å². The van der Waals surface area contributed by atoms with Crippen LogP contribution in [0.5, 0.6) is 0 Å². The first kappa shape index (κ1) is 20.0. The largest absolute Gasteiger partial charge is 0.379 e. The molecule has 0 amide bonds. The van der Waals surface area contributed by atoms with Crippen LogP contribution in [0, 0.1) is 11.8 Å². The normalized spacial score (nSPS) is 27.2. The quantitative estimate of drug-likeness (QED) is 0.297. The fourth-order valence-corrected chi connectivity index (χ4v) is 3.28. The molecule has 1 aliphatic heterocycles. The smallest absolute Gasteiger partial charge is 0.188 e. The monoisotopic (exact) mass is 424 g/mol. The Balaban J connectivity index is 0.00000242. The van der Waals surface area contributed by atoms with Gasteiger partial charge in [-0.3, -0.25) is 9.89 Å². The van der Waals surface area contributed by atoms with Crippen molar-refractivity contribution in [2.75, 3.05) is 45.9 Å². The van der Waals surface area contributed by atoms with E-state index in [0.29, 0.717) is 5.96 Å². The molecule has 6 heteroatoms. The lowest BCUT2D eigenvalue weighted by atomic mass is 9.80. The molecule has 1 heterocycles. The Morgan fingerprint density at radius 1 is 1.27 bits per heavy atom. The number of ether oxygens (including phenoxy) is 1. The summed E-state index contributed by atoms with van der Waals surface area (Å²) in [6.45, 7) is 9.13. The molecule has 0 spiro atoms. The van der Waals surface area contributed by atoms with Crippen molar-refractivity contribution < 1.29 is 4.74 Å². The number of halogens is 1. The molecule has 0 aromatic carbocycles. The highest BCUT2D eigenvalue weighted by Crippen LogP contribution is 2.29. The molecule has 3 N–H and O–H groups in total. The van der Waals surface area contributed by atoms with Gasteiger partial charge in [0.1, 0.15) is 0 Å². The van der Waals surface area contributed by atoms with Gasteiger partial charge in [0.25, 0.3) is 0 Å². The SMILES string of the molecule is CC1CCCCC1CN=C(N)NCCCN1CCOCC1.I. The second-order valence-electron chi connectivity index (χ2n) is 6.48. The summed E-state index contributed by atoms with van der Waals surface area (Å²) in [5.41, 5.74) is 5.96. The van der Waals surface area contributed by atoms with Gasteiger partial charge in [-0.05, 0) is 31.2 Å². The van der Waals surface area contributed by atoms with Gasteiger partial charge < -0.3 is 15.8 Å². The summed E-state index contributed by atoms with van der Waals surface area (Å²) >= 11 is 0. The maximum Gasteiger partial charge on any atom is 0.188 e. The zero-order valence-electron chi connectivity index (χ0n) is 13.9. The highest BCUT2D eigenvalue weighted by molar-refractivity contribution is 14.0. The van der Waals surface area contributed by atoms with Crippen molar-refractivity contribution in [3.63, 3.8) is 0 Å². The minimum atomic E-state index is 0. The van der Waals surface area contributed by atoms with Gasteiger partial charge in [0.2, 0.25) is 0 Å². The average Bonchev–Trinajstić information content (AvgIpc) is 2.52. The van der Waals surface area contributed by atoms with Crippen LogP contribution in [0.25, 0.3) is 0 Å². The number of morpholine rings is 1. The van der Waals surface area contributed by atoms with Crippen LogP contribution in [0.15, 0.2) is 4.99 Å². The fraction of sp³-hybridized carbons (Fsp3) is 0.938. The van der Waals surface area contributed by atoms with Gasteiger partial charge >= 0.3 is 0 Å². The second kappa shape index (κ2) is 11.5. The van der Waals surface area contributed by atoms with Crippen LogP contribution >= 0.6 is 24.0 Å². The van der Waals surface area contributed by atoms with Crippen molar-refractivity contribution in [3.8, 4) is 0 Å². The number of hydrogen-bond acceptors (Lipinski definition) is 3. The molecule has 1 saturated carbocycles. The minimum Gasteiger partial charge on any atom is -0.379 e. The third-order valence-corrected chi connectivity index (χ3v) is 4.85. The second-order valence-corrected chi connectivity index (χ2v) is 6.48. The number of nitrogens with zero attached hydrogens (tertiary/aromatic N) is 2. The molecule has 0 bridgehead atoms. The van der Waals surface area contributed by atoms with E-state index in [1.165, 1.54) is 25.7 Å². The third-order valence-electron chi connectivity index (χ3n) is 4.85. The molecule has 0 radical (unpaired) electrons. The molecule has 5 nitrogen and oxygen atoms in total. The average molecular weight is 424 g/mol. The number of hydrogen-bond donors (Lipinski definition) is 2. The molecular weight excluding hydrogens is 391 g/mol. The first-order valence-corrected chi connectivity index (χ1v) is 8.59. The van der Waals surface area contributed by atoms with Gasteiger partial charge in [0, 0.05) is 26.2 Å². The molecule has 22 heavy (non-hydrogen) atoms. The summed E-state index contributed by atoms with van der Waals surface area (Å²) in [7, 11) is 0. The minimum absolute atomic E-state index is 0. The van der Waals surface area contributed by atoms with Crippen LogP contribution < -0.4 is 11.1 Å². The highest BCUT2D eigenvalue weighted by Gasteiger charge is 2.20. The lowest BCUT2D eigenvalue weighted by molar-refractivity contribution is 0.0376. The van der Waals surface area contributed by atoms with Gasteiger partial charge in [-0.25, -0.2) is 0 Å². The van der Waals surface area contributed by atoms with E-state index in [0.717, 1.165) is 64.2 Å². The van der Waals surface area contributed by atoms with E-state index in [-0.39, 0.29) is 24.0 Å². The fourth-order valence-electron chi connectivity index (χ4n) is 3.28. The van der Waals surface area contributed by atoms with Gasteiger partial charge in [-0.1, -0.05) is 26.2 Å². The number of nitrogens with two attached hydrogens (primary N) is 1. The van der Waals surface area contributed by atoms with Gasteiger partial charge in [0.15, 0.2) is 5.96 Å². The predicted molar refractivity (Wildman–Crippen MR) is 103 cm³/mol. The number of guanidine groups is 1. The first-order chi connectivity index (χ1) is 10.3. The number of rotatable bonds is 6. The van der Waals surface area contributed by atoms with Crippen LogP contribution in [0.4, 0.5) is 0 Å². The molecule has 130 valence electrons. The standard InChI is InChI=1S/C16H32N4O.HI/c1-14-5-2-3-6-15(14)13-19-16(17)18-7-4-8-20-9-11-21-12-10-20;/h14-15H,2-13H2,1H3,(H3,17,18,19);1H. The van der Waals surface area contributed by atoms with Gasteiger partial charge in [-0.2, -0.15) is 0 Å². The molecule has 1 saturated heterocycles. The summed E-state index contributed by atoms with van der Waals surface area (Å²) in [5, 5.41) is 3.25. The third kappa shape index (κ3) is 7.46.